The fourth-order valence-corrected chi connectivity index (χ4v) is 2.11. The fraction of sp³-hybridized carbons (Fsp3) is 0.714. The van der Waals surface area contributed by atoms with Crippen molar-refractivity contribution in [2.75, 3.05) is 13.6 Å². The van der Waals surface area contributed by atoms with Gasteiger partial charge in [-0.2, -0.15) is 6.42 Å². The number of amides is 3. The van der Waals surface area contributed by atoms with E-state index in [0.717, 1.165) is 12.8 Å². The van der Waals surface area contributed by atoms with Crippen LogP contribution in [-0.4, -0.2) is 37.4 Å². The molecule has 0 bridgehead atoms. The molecule has 7 heteroatoms. The van der Waals surface area contributed by atoms with Crippen LogP contribution in [0.3, 0.4) is 0 Å². The summed E-state index contributed by atoms with van der Waals surface area (Å²) >= 11 is 0. The molecule has 0 spiro atoms. The van der Waals surface area contributed by atoms with Crippen LogP contribution in [0.1, 0.15) is 39.0 Å². The Kier molecular flexibility index (Phi) is 10.8. The number of likely N-dealkylation sites (N-methyl/N-ethyl adjacent to an activating group) is 1. The molecule has 1 fully saturated rings. The van der Waals surface area contributed by atoms with Gasteiger partial charge in [-0.15, -0.1) is 0 Å². The molecule has 0 aromatic heterocycles. The molecule has 0 aliphatic carbocycles. The molecule has 2 atom stereocenters. The Morgan fingerprint density at radius 2 is 2.05 bits per heavy atom. The van der Waals surface area contributed by atoms with Gasteiger partial charge in [-0.3, -0.25) is 14.4 Å². The van der Waals surface area contributed by atoms with E-state index in [-0.39, 0.29) is 54.8 Å². The van der Waals surface area contributed by atoms with Crippen LogP contribution in [0.4, 0.5) is 0 Å². The zero-order valence-corrected chi connectivity index (χ0v) is 16.9. The van der Waals surface area contributed by atoms with Gasteiger partial charge in [0.15, 0.2) is 5.91 Å². The molecule has 2 unspecified atom stereocenters. The number of rotatable bonds is 1. The van der Waals surface area contributed by atoms with Crippen molar-refractivity contribution in [3.05, 3.63) is 6.42 Å². The van der Waals surface area contributed by atoms with Crippen molar-refractivity contribution >= 4 is 17.7 Å². The van der Waals surface area contributed by atoms with Crippen molar-refractivity contribution in [3.8, 4) is 0 Å². The van der Waals surface area contributed by atoms with Gasteiger partial charge in [-0.1, -0.05) is 12.8 Å². The molecule has 1 heterocycles. The molecule has 0 aromatic carbocycles. The minimum Gasteiger partial charge on any atom is -0.357 e. The van der Waals surface area contributed by atoms with Gasteiger partial charge in [0.25, 0.3) is 0 Å². The van der Waals surface area contributed by atoms with E-state index in [1.165, 1.54) is 0 Å². The maximum Gasteiger partial charge on any atom is 0.242 e. The predicted octanol–water partition coefficient (Wildman–Crippen LogP) is 0.138. The number of hydrogen-bond donors (Lipinski definition) is 3. The zero-order valence-electron chi connectivity index (χ0n) is 12.7. The summed E-state index contributed by atoms with van der Waals surface area (Å²) in [5.74, 6) is -0.644. The van der Waals surface area contributed by atoms with Gasteiger partial charge >= 0.3 is 0 Å². The summed E-state index contributed by atoms with van der Waals surface area (Å²) in [5, 5.41) is 8.19. The molecule has 1 aliphatic rings. The molecule has 118 valence electrons. The first-order chi connectivity index (χ1) is 9.54. The Balaban J connectivity index is 0.00000400. The summed E-state index contributed by atoms with van der Waals surface area (Å²) in [4.78, 5) is 35.3. The van der Waals surface area contributed by atoms with Gasteiger partial charge in [-0.25, -0.2) is 0 Å². The van der Waals surface area contributed by atoms with E-state index in [9.17, 15) is 14.4 Å². The first-order valence-electron chi connectivity index (χ1n) is 7.16. The molecule has 0 saturated carbocycles. The standard InChI is InChI=1S/C14H24N3O3.U/c1-10-6-5-8-12(18)16-9-4-3-7-11(14(20)15-2)17-13(10)19;/h6,10-11H,3-5,7-9H2,1-2H3,(H,15,20)(H,16,18)(H,17,19);/q-1;. The molecule has 1 rings (SSSR count). The summed E-state index contributed by atoms with van der Waals surface area (Å²) in [6.07, 6.45) is 4.92. The van der Waals surface area contributed by atoms with Crippen LogP contribution in [0.15, 0.2) is 0 Å². The van der Waals surface area contributed by atoms with Gasteiger partial charge in [0.2, 0.25) is 11.8 Å². The Hall–Kier alpha value is -0.538. The summed E-state index contributed by atoms with van der Waals surface area (Å²) < 4.78 is 0. The minimum atomic E-state index is -0.500. The maximum atomic E-state index is 12.0. The smallest absolute Gasteiger partial charge is 0.242 e. The molecule has 3 N–H and O–H groups in total. The van der Waals surface area contributed by atoms with Gasteiger partial charge in [0.1, 0.15) is 6.04 Å². The van der Waals surface area contributed by atoms with Crippen LogP contribution >= 0.6 is 0 Å². The van der Waals surface area contributed by atoms with Crippen LogP contribution in [-0.2, 0) is 14.4 Å². The molecule has 21 heavy (non-hydrogen) atoms. The van der Waals surface area contributed by atoms with Crippen molar-refractivity contribution in [1.82, 2.24) is 16.0 Å². The van der Waals surface area contributed by atoms with Crippen LogP contribution < -0.4 is 16.0 Å². The average molecular weight is 520 g/mol. The minimum absolute atomic E-state index is 0. The van der Waals surface area contributed by atoms with Gasteiger partial charge in [0.05, 0.1) is 0 Å². The van der Waals surface area contributed by atoms with Gasteiger partial charge in [-0.05, 0) is 25.7 Å². The van der Waals surface area contributed by atoms with Crippen LogP contribution in [0, 0.1) is 43.5 Å². The Morgan fingerprint density at radius 3 is 2.71 bits per heavy atom. The van der Waals surface area contributed by atoms with E-state index in [1.54, 1.807) is 14.0 Å². The van der Waals surface area contributed by atoms with Crippen molar-refractivity contribution in [2.45, 2.75) is 45.1 Å². The van der Waals surface area contributed by atoms with Crippen LogP contribution in [0.5, 0.6) is 0 Å². The van der Waals surface area contributed by atoms with E-state index in [4.69, 9.17) is 0 Å². The van der Waals surface area contributed by atoms with Crippen LogP contribution in [0.2, 0.25) is 0 Å². The molecule has 6 nitrogen and oxygen atoms in total. The second kappa shape index (κ2) is 11.1. The third kappa shape index (κ3) is 7.87. The fourth-order valence-electron chi connectivity index (χ4n) is 2.11. The zero-order chi connectivity index (χ0) is 15.0. The normalized spacial score (nSPS) is 25.0. The number of carbonyl (C=O) groups is 3. The second-order valence-corrected chi connectivity index (χ2v) is 5.08. The summed E-state index contributed by atoms with van der Waals surface area (Å²) in [7, 11) is 1.56. The third-order valence-electron chi connectivity index (χ3n) is 3.43. The van der Waals surface area contributed by atoms with Crippen molar-refractivity contribution in [3.63, 3.8) is 0 Å². The molecular weight excluding hydrogens is 496 g/mol. The SMILES string of the molecule is CNC(=O)C1CCCCNC(=O)CC[CH-]C(C)C(=O)N1.[U]. The number of nitrogens with one attached hydrogen (secondary N) is 3. The summed E-state index contributed by atoms with van der Waals surface area (Å²) in [6.45, 7) is 2.39. The first kappa shape index (κ1) is 20.5. The monoisotopic (exact) mass is 520 g/mol. The maximum absolute atomic E-state index is 12.0. The molecule has 3 amide bonds. The van der Waals surface area contributed by atoms with Crippen molar-refractivity contribution in [2.24, 2.45) is 5.92 Å². The quantitative estimate of drug-likeness (QED) is 0.430. The predicted molar refractivity (Wildman–Crippen MR) is 75.6 cm³/mol. The van der Waals surface area contributed by atoms with E-state index in [0.29, 0.717) is 25.8 Å². The molecule has 0 aromatic rings. The second-order valence-electron chi connectivity index (χ2n) is 5.08. The molecule has 1 aliphatic heterocycles. The average Bonchev–Trinajstić information content (AvgIpc) is 2.44. The largest absolute Gasteiger partial charge is 0.357 e. The Labute approximate surface area is 149 Å². The Morgan fingerprint density at radius 1 is 1.33 bits per heavy atom. The molecular formula is C14H24N3O3U-. The van der Waals surface area contributed by atoms with Crippen LogP contribution in [0.25, 0.3) is 0 Å². The van der Waals surface area contributed by atoms with Gasteiger partial charge in [0, 0.05) is 44.7 Å². The molecule has 1 saturated heterocycles. The van der Waals surface area contributed by atoms with Crippen molar-refractivity contribution in [1.29, 1.82) is 0 Å². The van der Waals surface area contributed by atoms with E-state index in [1.807, 2.05) is 6.42 Å². The topological polar surface area (TPSA) is 87.3 Å². The molecule has 0 radical (unpaired) electrons. The van der Waals surface area contributed by atoms with Crippen molar-refractivity contribution < 1.29 is 45.5 Å². The number of carbonyl (C=O) groups excluding carboxylic acids is 3. The van der Waals surface area contributed by atoms with E-state index >= 15 is 0 Å². The summed E-state index contributed by atoms with van der Waals surface area (Å²) in [5.41, 5.74) is 0. The Bertz CT molecular complexity index is 363. The van der Waals surface area contributed by atoms with E-state index in [2.05, 4.69) is 16.0 Å². The van der Waals surface area contributed by atoms with E-state index < -0.39 is 6.04 Å². The number of hydrogen-bond acceptors (Lipinski definition) is 3. The summed E-state index contributed by atoms with van der Waals surface area (Å²) in [6, 6.07) is -0.500. The third-order valence-corrected chi connectivity index (χ3v) is 3.43. The van der Waals surface area contributed by atoms with Gasteiger partial charge < -0.3 is 22.4 Å². The first-order valence-corrected chi connectivity index (χ1v) is 7.16.